The van der Waals surface area contributed by atoms with Gasteiger partial charge in [-0.3, -0.25) is 4.79 Å². The van der Waals surface area contributed by atoms with E-state index in [1.54, 1.807) is 12.1 Å². The number of benzene rings is 2. The van der Waals surface area contributed by atoms with Gasteiger partial charge in [0, 0.05) is 26.0 Å². The molecule has 1 aliphatic rings. The molecule has 2 aromatic carbocycles. The Bertz CT molecular complexity index is 754. The second-order valence-corrected chi connectivity index (χ2v) is 6.08. The van der Waals surface area contributed by atoms with Gasteiger partial charge in [0.15, 0.2) is 0 Å². The highest BCUT2D eigenvalue weighted by molar-refractivity contribution is 6.04. The van der Waals surface area contributed by atoms with E-state index < -0.39 is 0 Å². The van der Waals surface area contributed by atoms with Crippen LogP contribution in [0.1, 0.15) is 31.2 Å². The first-order valence-electron chi connectivity index (χ1n) is 8.52. The normalized spacial score (nSPS) is 14.6. The lowest BCUT2D eigenvalue weighted by atomic mass is 9.99. The van der Waals surface area contributed by atoms with Crippen molar-refractivity contribution in [3.05, 3.63) is 59.9 Å². The van der Waals surface area contributed by atoms with Gasteiger partial charge in [0.2, 0.25) is 5.91 Å². The average Bonchev–Trinajstić information content (AvgIpc) is 2.64. The topological polar surface area (TPSA) is 52.9 Å². The molecule has 130 valence electrons. The zero-order valence-corrected chi connectivity index (χ0v) is 14.0. The van der Waals surface area contributed by atoms with Gasteiger partial charge in [0.1, 0.15) is 5.82 Å². The summed E-state index contributed by atoms with van der Waals surface area (Å²) in [5, 5.41) is 14.9. The van der Waals surface area contributed by atoms with Gasteiger partial charge in [-0.05, 0) is 41.7 Å². The summed E-state index contributed by atoms with van der Waals surface area (Å²) in [4.78, 5) is 12.0. The number of carbonyl (C=O) groups excluding carboxylic acids is 1. The molecule has 1 aliphatic heterocycles. The van der Waals surface area contributed by atoms with Crippen LogP contribution in [0.15, 0.2) is 53.6 Å². The predicted molar refractivity (Wildman–Crippen MR) is 95.6 cm³/mol. The lowest BCUT2D eigenvalue weighted by molar-refractivity contribution is -0.131. The molecule has 0 radical (unpaired) electrons. The zero-order chi connectivity index (χ0) is 17.6. The lowest BCUT2D eigenvalue weighted by Crippen LogP contribution is -2.32. The van der Waals surface area contributed by atoms with Crippen molar-refractivity contribution in [3.8, 4) is 11.1 Å². The molecule has 0 aliphatic carbocycles. The second kappa shape index (κ2) is 8.03. The van der Waals surface area contributed by atoms with Gasteiger partial charge in [0.05, 0.1) is 5.71 Å². The summed E-state index contributed by atoms with van der Waals surface area (Å²) in [5.41, 5.74) is 3.86. The van der Waals surface area contributed by atoms with Gasteiger partial charge in [-0.2, -0.15) is 5.10 Å². The number of rotatable bonds is 6. The summed E-state index contributed by atoms with van der Waals surface area (Å²) in [6.07, 6.45) is 2.49. The molecular formula is C20H21FN2O2. The minimum Gasteiger partial charge on any atom is -0.396 e. The van der Waals surface area contributed by atoms with Crippen LogP contribution in [0.2, 0.25) is 0 Å². The van der Waals surface area contributed by atoms with E-state index in [1.165, 1.54) is 17.1 Å². The fourth-order valence-corrected chi connectivity index (χ4v) is 2.85. The van der Waals surface area contributed by atoms with Gasteiger partial charge in [-0.15, -0.1) is 0 Å². The van der Waals surface area contributed by atoms with Gasteiger partial charge in [0.25, 0.3) is 0 Å². The summed E-state index contributed by atoms with van der Waals surface area (Å²) in [7, 11) is 0. The number of nitrogens with zero attached hydrogens (tertiary/aromatic N) is 2. The Morgan fingerprint density at radius 1 is 0.920 bits per heavy atom. The van der Waals surface area contributed by atoms with Crippen molar-refractivity contribution in [3.63, 3.8) is 0 Å². The van der Waals surface area contributed by atoms with E-state index in [1.807, 2.05) is 24.3 Å². The van der Waals surface area contributed by atoms with Crippen LogP contribution in [0.4, 0.5) is 4.39 Å². The van der Waals surface area contributed by atoms with Gasteiger partial charge in [-0.25, -0.2) is 9.40 Å². The van der Waals surface area contributed by atoms with E-state index in [0.29, 0.717) is 25.8 Å². The van der Waals surface area contributed by atoms with E-state index >= 15 is 0 Å². The summed E-state index contributed by atoms with van der Waals surface area (Å²) >= 11 is 0. The Balaban J connectivity index is 1.75. The van der Waals surface area contributed by atoms with Gasteiger partial charge < -0.3 is 5.11 Å². The zero-order valence-electron chi connectivity index (χ0n) is 14.0. The maximum atomic E-state index is 13.0. The first-order valence-corrected chi connectivity index (χ1v) is 8.52. The fourth-order valence-electron chi connectivity index (χ4n) is 2.85. The summed E-state index contributed by atoms with van der Waals surface area (Å²) in [5.74, 6) is -0.215. The minimum atomic E-state index is -0.247. The van der Waals surface area contributed by atoms with Gasteiger partial charge in [-0.1, -0.05) is 36.4 Å². The summed E-state index contributed by atoms with van der Waals surface area (Å²) < 4.78 is 13.0. The second-order valence-electron chi connectivity index (χ2n) is 6.08. The Hall–Kier alpha value is -2.53. The van der Waals surface area contributed by atoms with E-state index in [0.717, 1.165) is 28.8 Å². The molecule has 0 aromatic heterocycles. The Morgan fingerprint density at radius 2 is 1.52 bits per heavy atom. The molecule has 4 nitrogen and oxygen atoms in total. The lowest BCUT2D eigenvalue weighted by Gasteiger charge is -2.23. The number of aliphatic hydroxyl groups excluding tert-OH is 1. The Kier molecular flexibility index (Phi) is 5.56. The number of carbonyl (C=O) groups is 1. The van der Waals surface area contributed by atoms with Gasteiger partial charge >= 0.3 is 0 Å². The van der Waals surface area contributed by atoms with Crippen LogP contribution >= 0.6 is 0 Å². The summed E-state index contributed by atoms with van der Waals surface area (Å²) in [6, 6.07) is 14.3. The number of hydrogen-bond acceptors (Lipinski definition) is 3. The predicted octanol–water partition coefficient (Wildman–Crippen LogP) is 3.59. The molecule has 0 saturated heterocycles. The molecule has 0 bridgehead atoms. The van der Waals surface area contributed by atoms with Crippen molar-refractivity contribution in [2.75, 3.05) is 13.2 Å². The third-order valence-corrected chi connectivity index (χ3v) is 4.28. The fraction of sp³-hybridized carbons (Fsp3) is 0.300. The highest BCUT2D eigenvalue weighted by atomic mass is 19.1. The quantitative estimate of drug-likeness (QED) is 0.817. The SMILES string of the molecule is O=C1CCC(c2ccc(-c3ccc(F)cc3)cc2)=NN1CCCCO. The highest BCUT2D eigenvalue weighted by Gasteiger charge is 2.20. The van der Waals surface area contributed by atoms with Crippen LogP contribution in [-0.4, -0.2) is 34.9 Å². The van der Waals surface area contributed by atoms with Crippen LogP contribution in [0.3, 0.4) is 0 Å². The molecule has 25 heavy (non-hydrogen) atoms. The van der Waals surface area contributed by atoms with Crippen molar-refractivity contribution in [2.24, 2.45) is 5.10 Å². The number of unbranched alkanes of at least 4 members (excludes halogenated alkanes) is 1. The third kappa shape index (κ3) is 4.31. The van der Waals surface area contributed by atoms with E-state index in [9.17, 15) is 9.18 Å². The number of amides is 1. The maximum absolute atomic E-state index is 13.0. The first kappa shape index (κ1) is 17.3. The standard InChI is InChI=1S/C20H21FN2O2/c21-18-9-7-16(8-10-18)15-3-5-17(6-4-15)19-11-12-20(25)23(22-19)13-1-2-14-24/h3-10,24H,1-2,11-14H2. The van der Waals surface area contributed by atoms with Crippen molar-refractivity contribution in [2.45, 2.75) is 25.7 Å². The molecule has 0 spiro atoms. The molecule has 0 atom stereocenters. The molecule has 1 amide bonds. The molecular weight excluding hydrogens is 319 g/mol. The Morgan fingerprint density at radius 3 is 2.16 bits per heavy atom. The number of aliphatic hydroxyl groups is 1. The number of halogens is 1. The van der Waals surface area contributed by atoms with Crippen molar-refractivity contribution in [1.82, 2.24) is 5.01 Å². The molecule has 0 fully saturated rings. The van der Waals surface area contributed by atoms with Crippen LogP contribution < -0.4 is 0 Å². The molecule has 0 unspecified atom stereocenters. The first-order chi connectivity index (χ1) is 12.2. The molecule has 5 heteroatoms. The van der Waals surface area contributed by atoms with E-state index in [2.05, 4.69) is 5.10 Å². The smallest absolute Gasteiger partial charge is 0.243 e. The van der Waals surface area contributed by atoms with Crippen LogP contribution in [0.5, 0.6) is 0 Å². The van der Waals surface area contributed by atoms with E-state index in [-0.39, 0.29) is 18.3 Å². The van der Waals surface area contributed by atoms with Crippen molar-refractivity contribution in [1.29, 1.82) is 0 Å². The largest absolute Gasteiger partial charge is 0.396 e. The number of hydrazone groups is 1. The van der Waals surface area contributed by atoms with Crippen LogP contribution in [0, 0.1) is 5.82 Å². The van der Waals surface area contributed by atoms with Crippen molar-refractivity contribution >= 4 is 11.6 Å². The Labute approximate surface area is 146 Å². The van der Waals surface area contributed by atoms with Crippen molar-refractivity contribution < 1.29 is 14.3 Å². The molecule has 1 heterocycles. The maximum Gasteiger partial charge on any atom is 0.243 e. The monoisotopic (exact) mass is 340 g/mol. The molecule has 1 N–H and O–H groups in total. The molecule has 0 saturated carbocycles. The van der Waals surface area contributed by atoms with Crippen LogP contribution in [0.25, 0.3) is 11.1 Å². The van der Waals surface area contributed by atoms with E-state index in [4.69, 9.17) is 5.11 Å². The molecule has 3 rings (SSSR count). The highest BCUT2D eigenvalue weighted by Crippen LogP contribution is 2.22. The van der Waals surface area contributed by atoms with Crippen LogP contribution in [-0.2, 0) is 4.79 Å². The summed E-state index contributed by atoms with van der Waals surface area (Å²) in [6.45, 7) is 0.667. The molecule has 2 aromatic rings. The minimum absolute atomic E-state index is 0.0321. The average molecular weight is 340 g/mol. The third-order valence-electron chi connectivity index (χ3n) is 4.28. The number of hydrogen-bond donors (Lipinski definition) is 1.